The van der Waals surface area contributed by atoms with Crippen LogP contribution in [0.15, 0.2) is 0 Å². The maximum absolute atomic E-state index is 14.2. The SMILES string of the molecule is CC(CC(=O)N1C[C@@H]2C[C@H]1CN2C(=O)[C@@]1(C(C)C)CC[C@@H](N[C@H]2CCOCC2F)C1)C(F)(F)F. The summed E-state index contributed by atoms with van der Waals surface area (Å²) in [4.78, 5) is 29.8. The van der Waals surface area contributed by atoms with Gasteiger partial charge in [0.15, 0.2) is 0 Å². The largest absolute Gasteiger partial charge is 0.392 e. The van der Waals surface area contributed by atoms with Gasteiger partial charge >= 0.3 is 6.18 Å². The monoisotopic (exact) mass is 491 g/mol. The molecule has 0 radical (unpaired) electrons. The molecule has 4 rings (SSSR count). The quantitative estimate of drug-likeness (QED) is 0.580. The van der Waals surface area contributed by atoms with Crippen LogP contribution in [0.1, 0.15) is 59.3 Å². The second-order valence-corrected chi connectivity index (χ2v) is 11.1. The Hall–Kier alpha value is -1.42. The van der Waals surface area contributed by atoms with Crippen molar-refractivity contribution >= 4 is 11.8 Å². The molecule has 194 valence electrons. The van der Waals surface area contributed by atoms with Crippen LogP contribution in [0.2, 0.25) is 0 Å². The van der Waals surface area contributed by atoms with Crippen molar-refractivity contribution in [2.75, 3.05) is 26.3 Å². The molecule has 2 unspecified atom stereocenters. The van der Waals surface area contributed by atoms with Crippen molar-refractivity contribution in [2.45, 2.75) is 95.8 Å². The highest BCUT2D eigenvalue weighted by atomic mass is 19.4. The lowest BCUT2D eigenvalue weighted by atomic mass is 9.74. The number of amides is 2. The van der Waals surface area contributed by atoms with Crippen molar-refractivity contribution in [3.8, 4) is 0 Å². The average Bonchev–Trinajstić information content (AvgIpc) is 3.48. The summed E-state index contributed by atoms with van der Waals surface area (Å²) in [5.41, 5.74) is -0.543. The zero-order valence-electron chi connectivity index (χ0n) is 20.2. The Balaban J connectivity index is 1.37. The molecule has 2 bridgehead atoms. The Morgan fingerprint density at radius 2 is 1.79 bits per heavy atom. The Bertz CT molecular complexity index is 779. The maximum atomic E-state index is 14.2. The van der Waals surface area contributed by atoms with Gasteiger partial charge in [0.2, 0.25) is 11.8 Å². The summed E-state index contributed by atoms with van der Waals surface area (Å²) in [6, 6.07) is -0.542. The van der Waals surface area contributed by atoms with Gasteiger partial charge in [-0.2, -0.15) is 13.2 Å². The van der Waals surface area contributed by atoms with Crippen molar-refractivity contribution in [2.24, 2.45) is 17.3 Å². The molecule has 4 fully saturated rings. The van der Waals surface area contributed by atoms with Gasteiger partial charge in [-0.3, -0.25) is 9.59 Å². The van der Waals surface area contributed by atoms with Crippen LogP contribution in [0.4, 0.5) is 17.6 Å². The molecule has 3 heterocycles. The minimum Gasteiger partial charge on any atom is -0.378 e. The van der Waals surface area contributed by atoms with E-state index < -0.39 is 36.0 Å². The molecule has 1 aliphatic carbocycles. The zero-order chi connectivity index (χ0) is 24.8. The van der Waals surface area contributed by atoms with E-state index in [1.807, 2.05) is 4.90 Å². The van der Waals surface area contributed by atoms with E-state index in [-0.39, 0.29) is 42.6 Å². The third kappa shape index (κ3) is 4.81. The fourth-order valence-electron chi connectivity index (χ4n) is 6.38. The van der Waals surface area contributed by atoms with E-state index in [1.54, 1.807) is 4.90 Å². The molecule has 0 aromatic heterocycles. The van der Waals surface area contributed by atoms with Gasteiger partial charge < -0.3 is 19.9 Å². The van der Waals surface area contributed by atoms with Gasteiger partial charge in [-0.05, 0) is 38.0 Å². The molecule has 34 heavy (non-hydrogen) atoms. The minimum absolute atomic E-state index is 0.0643. The van der Waals surface area contributed by atoms with Crippen LogP contribution in [0.25, 0.3) is 0 Å². The van der Waals surface area contributed by atoms with Crippen LogP contribution in [-0.2, 0) is 14.3 Å². The highest BCUT2D eigenvalue weighted by Gasteiger charge is 2.55. The Kier molecular flexibility index (Phi) is 7.22. The van der Waals surface area contributed by atoms with Crippen molar-refractivity contribution in [3.63, 3.8) is 0 Å². The number of ether oxygens (including phenoxy) is 1. The number of carbonyl (C=O) groups is 2. The van der Waals surface area contributed by atoms with Crippen LogP contribution < -0.4 is 5.32 Å². The van der Waals surface area contributed by atoms with E-state index in [4.69, 9.17) is 4.74 Å². The van der Waals surface area contributed by atoms with E-state index in [0.717, 1.165) is 19.8 Å². The number of carbonyl (C=O) groups excluding carboxylic acids is 2. The zero-order valence-corrected chi connectivity index (χ0v) is 20.2. The third-order valence-electron chi connectivity index (χ3n) is 8.68. The first-order chi connectivity index (χ1) is 15.9. The lowest BCUT2D eigenvalue weighted by molar-refractivity contribution is -0.177. The van der Waals surface area contributed by atoms with E-state index in [1.165, 1.54) is 0 Å². The molecule has 10 heteroatoms. The molecule has 3 aliphatic heterocycles. The van der Waals surface area contributed by atoms with Gasteiger partial charge in [-0.1, -0.05) is 20.8 Å². The Labute approximate surface area is 198 Å². The van der Waals surface area contributed by atoms with Gasteiger partial charge in [-0.15, -0.1) is 0 Å². The topological polar surface area (TPSA) is 61.9 Å². The van der Waals surface area contributed by atoms with Gasteiger partial charge in [0.25, 0.3) is 0 Å². The van der Waals surface area contributed by atoms with E-state index >= 15 is 0 Å². The molecule has 0 aromatic carbocycles. The summed E-state index contributed by atoms with van der Waals surface area (Å²) in [6.45, 7) is 6.46. The summed E-state index contributed by atoms with van der Waals surface area (Å²) in [5.74, 6) is -1.97. The number of piperazine rings is 1. The second kappa shape index (κ2) is 9.56. The molecule has 0 aromatic rings. The van der Waals surface area contributed by atoms with E-state index in [2.05, 4.69) is 19.2 Å². The molecule has 4 aliphatic rings. The highest BCUT2D eigenvalue weighted by Crippen LogP contribution is 2.48. The lowest BCUT2D eigenvalue weighted by Crippen LogP contribution is -2.55. The number of likely N-dealkylation sites (tertiary alicyclic amines) is 2. The standard InChI is InChI=1S/C24H37F4N3O3/c1-14(2)23(6-4-16(10-23)29-20-5-7-34-13-19(20)25)22(33)31-12-17-9-18(31)11-30(17)21(32)8-15(3)24(26,27)28/h14-20,29H,4-13H2,1-3H3/t15?,16-,17+,18+,19?,20+,23+/m1/s1. The van der Waals surface area contributed by atoms with Crippen LogP contribution in [0.5, 0.6) is 0 Å². The first-order valence-electron chi connectivity index (χ1n) is 12.6. The molecule has 6 nitrogen and oxygen atoms in total. The smallest absolute Gasteiger partial charge is 0.378 e. The number of halogens is 4. The summed E-state index contributed by atoms with van der Waals surface area (Å²) in [5, 5.41) is 3.44. The highest BCUT2D eigenvalue weighted by molar-refractivity contribution is 5.85. The molecular weight excluding hydrogens is 454 g/mol. The molecule has 0 spiro atoms. The van der Waals surface area contributed by atoms with Crippen LogP contribution in [0, 0.1) is 17.3 Å². The van der Waals surface area contributed by atoms with Gasteiger partial charge in [0, 0.05) is 38.2 Å². The van der Waals surface area contributed by atoms with Gasteiger partial charge in [0.1, 0.15) is 6.17 Å². The molecular formula is C24H37F4N3O3. The predicted octanol–water partition coefficient (Wildman–Crippen LogP) is 3.30. The number of nitrogens with zero attached hydrogens (tertiary/aromatic N) is 2. The van der Waals surface area contributed by atoms with Gasteiger partial charge in [-0.25, -0.2) is 4.39 Å². The summed E-state index contributed by atoms with van der Waals surface area (Å²) in [6.07, 6.45) is -2.57. The Morgan fingerprint density at radius 1 is 1.12 bits per heavy atom. The first kappa shape index (κ1) is 25.7. The van der Waals surface area contributed by atoms with E-state index in [9.17, 15) is 27.2 Å². The average molecular weight is 492 g/mol. The third-order valence-corrected chi connectivity index (χ3v) is 8.68. The maximum Gasteiger partial charge on any atom is 0.392 e. The van der Waals surface area contributed by atoms with Crippen LogP contribution in [0.3, 0.4) is 0 Å². The number of hydrogen-bond acceptors (Lipinski definition) is 4. The van der Waals surface area contributed by atoms with Gasteiger partial charge in [0.05, 0.1) is 30.0 Å². The minimum atomic E-state index is -4.39. The normalized spacial score (nSPS) is 37.0. The number of alkyl halides is 4. The summed E-state index contributed by atoms with van der Waals surface area (Å²) >= 11 is 0. The molecule has 1 saturated carbocycles. The summed E-state index contributed by atoms with van der Waals surface area (Å²) < 4.78 is 58.1. The molecule has 3 saturated heterocycles. The summed E-state index contributed by atoms with van der Waals surface area (Å²) in [7, 11) is 0. The van der Waals surface area contributed by atoms with Crippen molar-refractivity contribution in [3.05, 3.63) is 0 Å². The fourth-order valence-corrected chi connectivity index (χ4v) is 6.38. The number of nitrogens with one attached hydrogen (secondary N) is 1. The molecule has 7 atom stereocenters. The predicted molar refractivity (Wildman–Crippen MR) is 118 cm³/mol. The van der Waals surface area contributed by atoms with Crippen molar-refractivity contribution < 1.29 is 31.9 Å². The first-order valence-corrected chi connectivity index (χ1v) is 12.6. The number of rotatable bonds is 6. The van der Waals surface area contributed by atoms with Crippen LogP contribution >= 0.6 is 0 Å². The lowest BCUT2D eigenvalue weighted by Gasteiger charge is -2.42. The van der Waals surface area contributed by atoms with Crippen molar-refractivity contribution in [1.82, 2.24) is 15.1 Å². The number of fused-ring (bicyclic) bond motifs is 2. The van der Waals surface area contributed by atoms with Crippen LogP contribution in [-0.4, -0.2) is 84.4 Å². The Morgan fingerprint density at radius 3 is 2.38 bits per heavy atom. The van der Waals surface area contributed by atoms with E-state index in [0.29, 0.717) is 39.0 Å². The fraction of sp³-hybridized carbons (Fsp3) is 0.917. The second-order valence-electron chi connectivity index (χ2n) is 11.1. The molecule has 2 amide bonds. The molecule has 1 N–H and O–H groups in total. The number of hydrogen-bond donors (Lipinski definition) is 1. The van der Waals surface area contributed by atoms with Crippen molar-refractivity contribution in [1.29, 1.82) is 0 Å².